The maximum Gasteiger partial charge on any atom is 0.163 e. The zero-order valence-corrected chi connectivity index (χ0v) is 11.3. The van der Waals surface area contributed by atoms with Gasteiger partial charge in [0.15, 0.2) is 5.78 Å². The Hall–Kier alpha value is -1.35. The molecule has 1 saturated heterocycles. The van der Waals surface area contributed by atoms with Crippen molar-refractivity contribution in [2.75, 3.05) is 31.1 Å². The average Bonchev–Trinajstić information content (AvgIpc) is 2.39. The molecule has 1 N–H and O–H groups in total. The molecule has 0 radical (unpaired) electrons. The highest BCUT2D eigenvalue weighted by atomic mass is 16.1. The summed E-state index contributed by atoms with van der Waals surface area (Å²) in [4.78, 5) is 14.4. The van der Waals surface area contributed by atoms with E-state index in [0.29, 0.717) is 12.3 Å². The first kappa shape index (κ1) is 13.1. The summed E-state index contributed by atoms with van der Waals surface area (Å²) in [5.41, 5.74) is 2.02. The van der Waals surface area contributed by atoms with Crippen LogP contribution < -0.4 is 10.2 Å². The fourth-order valence-corrected chi connectivity index (χ4v) is 2.29. The maximum absolute atomic E-state index is 12.1. The van der Waals surface area contributed by atoms with Crippen LogP contribution in [0.5, 0.6) is 0 Å². The van der Waals surface area contributed by atoms with Crippen LogP contribution in [0.2, 0.25) is 0 Å². The normalized spacial score (nSPS) is 16.1. The van der Waals surface area contributed by atoms with Crippen LogP contribution in [-0.2, 0) is 0 Å². The van der Waals surface area contributed by atoms with E-state index >= 15 is 0 Å². The van der Waals surface area contributed by atoms with Crippen LogP contribution in [0.15, 0.2) is 24.3 Å². The number of nitrogens with one attached hydrogen (secondary N) is 1. The van der Waals surface area contributed by atoms with Crippen LogP contribution in [0.3, 0.4) is 0 Å². The van der Waals surface area contributed by atoms with Crippen molar-refractivity contribution in [1.82, 2.24) is 5.32 Å². The predicted molar refractivity (Wildman–Crippen MR) is 75.3 cm³/mol. The fraction of sp³-hybridized carbons (Fsp3) is 0.533. The lowest BCUT2D eigenvalue weighted by Crippen LogP contribution is -2.43. The summed E-state index contributed by atoms with van der Waals surface area (Å²) in [5.74, 6) is 0.669. The number of anilines is 1. The minimum absolute atomic E-state index is 0.252. The van der Waals surface area contributed by atoms with Gasteiger partial charge in [-0.1, -0.05) is 26.0 Å². The van der Waals surface area contributed by atoms with Gasteiger partial charge in [0.25, 0.3) is 0 Å². The van der Waals surface area contributed by atoms with Gasteiger partial charge in [-0.25, -0.2) is 0 Å². The van der Waals surface area contributed by atoms with Gasteiger partial charge in [0.2, 0.25) is 0 Å². The van der Waals surface area contributed by atoms with E-state index in [1.165, 1.54) is 5.69 Å². The maximum atomic E-state index is 12.1. The number of carbonyl (C=O) groups excluding carboxylic acids is 1. The molecule has 1 aromatic carbocycles. The highest BCUT2D eigenvalue weighted by Crippen LogP contribution is 2.18. The van der Waals surface area contributed by atoms with E-state index in [4.69, 9.17) is 0 Å². The molecule has 0 atom stereocenters. The molecule has 0 amide bonds. The van der Waals surface area contributed by atoms with Gasteiger partial charge in [0.1, 0.15) is 0 Å². The van der Waals surface area contributed by atoms with Gasteiger partial charge in [-0.05, 0) is 18.1 Å². The molecule has 1 aliphatic rings. The number of rotatable bonds is 4. The van der Waals surface area contributed by atoms with Gasteiger partial charge in [-0.2, -0.15) is 0 Å². The van der Waals surface area contributed by atoms with Gasteiger partial charge >= 0.3 is 0 Å². The van der Waals surface area contributed by atoms with E-state index in [2.05, 4.69) is 30.1 Å². The molecule has 0 aliphatic carbocycles. The van der Waals surface area contributed by atoms with Crippen LogP contribution in [0.4, 0.5) is 5.69 Å². The third-order valence-corrected chi connectivity index (χ3v) is 3.24. The zero-order valence-electron chi connectivity index (χ0n) is 11.3. The molecule has 2 rings (SSSR count). The van der Waals surface area contributed by atoms with E-state index in [1.54, 1.807) is 0 Å². The molecule has 0 spiro atoms. The summed E-state index contributed by atoms with van der Waals surface area (Å²) in [5, 5.41) is 3.34. The van der Waals surface area contributed by atoms with Crippen LogP contribution >= 0.6 is 0 Å². The molecule has 1 aromatic rings. The Balaban J connectivity index is 2.11. The molecule has 1 fully saturated rings. The first-order valence-electron chi connectivity index (χ1n) is 6.76. The minimum atomic E-state index is 0.252. The van der Waals surface area contributed by atoms with E-state index < -0.39 is 0 Å². The second-order valence-electron chi connectivity index (χ2n) is 5.31. The van der Waals surface area contributed by atoms with Gasteiger partial charge < -0.3 is 10.2 Å². The Kier molecular flexibility index (Phi) is 4.37. The largest absolute Gasteiger partial charge is 0.369 e. The molecule has 1 aliphatic heterocycles. The lowest BCUT2D eigenvalue weighted by Gasteiger charge is -2.29. The highest BCUT2D eigenvalue weighted by Gasteiger charge is 2.13. The smallest absolute Gasteiger partial charge is 0.163 e. The third kappa shape index (κ3) is 3.33. The molecular weight excluding hydrogens is 224 g/mol. The number of hydrogen-bond donors (Lipinski definition) is 1. The van der Waals surface area contributed by atoms with Crippen molar-refractivity contribution in [2.45, 2.75) is 20.3 Å². The Labute approximate surface area is 109 Å². The lowest BCUT2D eigenvalue weighted by atomic mass is 10.0. The van der Waals surface area contributed by atoms with E-state index in [1.807, 2.05) is 18.2 Å². The average molecular weight is 246 g/mol. The zero-order chi connectivity index (χ0) is 13.0. The van der Waals surface area contributed by atoms with E-state index in [9.17, 15) is 4.79 Å². The molecule has 1 heterocycles. The van der Waals surface area contributed by atoms with E-state index in [-0.39, 0.29) is 5.78 Å². The number of nitrogens with zero attached hydrogens (tertiary/aromatic N) is 1. The summed E-state index contributed by atoms with van der Waals surface area (Å²) in [6, 6.07) is 8.05. The Morgan fingerprint density at radius 3 is 2.72 bits per heavy atom. The molecule has 3 nitrogen and oxygen atoms in total. The van der Waals surface area contributed by atoms with Gasteiger partial charge in [0, 0.05) is 43.9 Å². The van der Waals surface area contributed by atoms with Crippen LogP contribution in [0, 0.1) is 5.92 Å². The predicted octanol–water partition coefficient (Wildman–Crippen LogP) is 2.33. The summed E-state index contributed by atoms with van der Waals surface area (Å²) >= 11 is 0. The second kappa shape index (κ2) is 6.01. The molecular formula is C15H22N2O. The van der Waals surface area contributed by atoms with Crippen LogP contribution in [-0.4, -0.2) is 32.0 Å². The standard InChI is InChI=1S/C15H22N2O/c1-12(2)10-15(18)13-4-3-5-14(11-13)17-8-6-16-7-9-17/h3-5,11-12,16H,6-10H2,1-2H3. The molecule has 18 heavy (non-hydrogen) atoms. The van der Waals surface area contributed by atoms with Crippen molar-refractivity contribution in [1.29, 1.82) is 0 Å². The van der Waals surface area contributed by atoms with Crippen molar-refractivity contribution in [3.63, 3.8) is 0 Å². The van der Waals surface area contributed by atoms with Gasteiger partial charge in [-0.3, -0.25) is 4.79 Å². The summed E-state index contributed by atoms with van der Waals surface area (Å²) in [6.07, 6.45) is 0.630. The SMILES string of the molecule is CC(C)CC(=O)c1cccc(N2CCNCC2)c1. The topological polar surface area (TPSA) is 32.3 Å². The summed E-state index contributed by atoms with van der Waals surface area (Å²) in [7, 11) is 0. The highest BCUT2D eigenvalue weighted by molar-refractivity contribution is 5.97. The van der Waals surface area contributed by atoms with Crippen molar-refractivity contribution < 1.29 is 4.79 Å². The molecule has 98 valence electrons. The number of piperazine rings is 1. The molecule has 0 bridgehead atoms. The Morgan fingerprint density at radius 2 is 2.06 bits per heavy atom. The molecule has 0 saturated carbocycles. The van der Waals surface area contributed by atoms with Crippen molar-refractivity contribution in [2.24, 2.45) is 5.92 Å². The van der Waals surface area contributed by atoms with Crippen molar-refractivity contribution >= 4 is 11.5 Å². The van der Waals surface area contributed by atoms with Gasteiger partial charge in [-0.15, -0.1) is 0 Å². The summed E-state index contributed by atoms with van der Waals surface area (Å²) < 4.78 is 0. The molecule has 0 aromatic heterocycles. The number of ketones is 1. The number of benzene rings is 1. The van der Waals surface area contributed by atoms with Crippen LogP contribution in [0.25, 0.3) is 0 Å². The Morgan fingerprint density at radius 1 is 1.33 bits per heavy atom. The lowest BCUT2D eigenvalue weighted by molar-refractivity contribution is 0.0968. The van der Waals surface area contributed by atoms with Crippen molar-refractivity contribution in [3.8, 4) is 0 Å². The van der Waals surface area contributed by atoms with Gasteiger partial charge in [0.05, 0.1) is 0 Å². The Bertz CT molecular complexity index is 409. The first-order chi connectivity index (χ1) is 8.66. The first-order valence-corrected chi connectivity index (χ1v) is 6.76. The summed E-state index contributed by atoms with van der Waals surface area (Å²) in [6.45, 7) is 8.23. The number of carbonyl (C=O) groups is 1. The second-order valence-corrected chi connectivity index (χ2v) is 5.31. The van der Waals surface area contributed by atoms with Crippen LogP contribution in [0.1, 0.15) is 30.6 Å². The number of Topliss-reactive ketones (excluding diaryl/α,β-unsaturated/α-hetero) is 1. The monoisotopic (exact) mass is 246 g/mol. The number of hydrogen-bond acceptors (Lipinski definition) is 3. The third-order valence-electron chi connectivity index (χ3n) is 3.24. The molecule has 0 unspecified atom stereocenters. The van der Waals surface area contributed by atoms with E-state index in [0.717, 1.165) is 31.7 Å². The van der Waals surface area contributed by atoms with Crippen molar-refractivity contribution in [3.05, 3.63) is 29.8 Å². The minimum Gasteiger partial charge on any atom is -0.369 e. The molecule has 3 heteroatoms. The quantitative estimate of drug-likeness (QED) is 0.828. The fourth-order valence-electron chi connectivity index (χ4n) is 2.29.